The SMILES string of the molecule is NCc1ccc(C(=O)Nc2ccncc2F)cc1-c1cccc(CC(=O)OC2COC3C(O)COC23)c1. The minimum absolute atomic E-state index is 0.0176. The summed E-state index contributed by atoms with van der Waals surface area (Å²) >= 11 is 0. The summed E-state index contributed by atoms with van der Waals surface area (Å²) in [5, 5.41) is 12.4. The van der Waals surface area contributed by atoms with Crippen LogP contribution in [-0.4, -0.2) is 59.6 Å². The Bertz CT molecular complexity index is 1320. The van der Waals surface area contributed by atoms with E-state index in [0.717, 1.165) is 22.9 Å². The molecule has 0 aliphatic carbocycles. The summed E-state index contributed by atoms with van der Waals surface area (Å²) in [7, 11) is 0. The van der Waals surface area contributed by atoms with Crippen LogP contribution >= 0.6 is 0 Å². The van der Waals surface area contributed by atoms with E-state index in [2.05, 4.69) is 10.3 Å². The molecule has 0 saturated carbocycles. The Morgan fingerprint density at radius 1 is 1.14 bits per heavy atom. The predicted molar refractivity (Wildman–Crippen MR) is 131 cm³/mol. The lowest BCUT2D eigenvalue weighted by atomic mass is 9.95. The van der Waals surface area contributed by atoms with Gasteiger partial charge in [0.25, 0.3) is 5.91 Å². The number of aliphatic hydroxyl groups excluding tert-OH is 1. The van der Waals surface area contributed by atoms with Crippen LogP contribution in [0.3, 0.4) is 0 Å². The number of carbonyl (C=O) groups is 2. The molecule has 3 heterocycles. The number of aliphatic hydroxyl groups is 1. The molecule has 2 saturated heterocycles. The third kappa shape index (κ3) is 5.37. The predicted octanol–water partition coefficient (Wildman–Crippen LogP) is 2.21. The summed E-state index contributed by atoms with van der Waals surface area (Å²) in [6, 6.07) is 13.7. The minimum atomic E-state index is -0.719. The van der Waals surface area contributed by atoms with Crippen molar-refractivity contribution in [2.45, 2.75) is 37.4 Å². The monoisotopic (exact) mass is 507 g/mol. The first-order valence-electron chi connectivity index (χ1n) is 11.9. The van der Waals surface area contributed by atoms with E-state index in [4.69, 9.17) is 19.9 Å². The molecule has 192 valence electrons. The fraction of sp³-hybridized carbons (Fsp3) is 0.296. The highest BCUT2D eigenvalue weighted by molar-refractivity contribution is 6.05. The van der Waals surface area contributed by atoms with E-state index in [1.54, 1.807) is 24.3 Å². The van der Waals surface area contributed by atoms with Crippen LogP contribution in [0.15, 0.2) is 60.9 Å². The van der Waals surface area contributed by atoms with Crippen LogP contribution in [0.2, 0.25) is 0 Å². The highest BCUT2D eigenvalue weighted by Crippen LogP contribution is 2.30. The van der Waals surface area contributed by atoms with Gasteiger partial charge in [-0.2, -0.15) is 0 Å². The molecular weight excluding hydrogens is 481 g/mol. The van der Waals surface area contributed by atoms with Gasteiger partial charge in [0.05, 0.1) is 31.5 Å². The van der Waals surface area contributed by atoms with E-state index in [0.29, 0.717) is 11.1 Å². The van der Waals surface area contributed by atoms with E-state index in [-0.39, 0.29) is 31.9 Å². The lowest BCUT2D eigenvalue weighted by Crippen LogP contribution is -2.34. The quantitative estimate of drug-likeness (QED) is 0.415. The maximum Gasteiger partial charge on any atom is 0.310 e. The van der Waals surface area contributed by atoms with Gasteiger partial charge in [0, 0.05) is 18.3 Å². The van der Waals surface area contributed by atoms with E-state index >= 15 is 0 Å². The molecule has 10 heteroatoms. The Morgan fingerprint density at radius 3 is 2.78 bits per heavy atom. The number of fused-ring (bicyclic) bond motifs is 1. The van der Waals surface area contributed by atoms with Gasteiger partial charge < -0.3 is 30.4 Å². The van der Waals surface area contributed by atoms with Crippen molar-refractivity contribution in [1.29, 1.82) is 0 Å². The van der Waals surface area contributed by atoms with Crippen LogP contribution in [-0.2, 0) is 32.0 Å². The molecular formula is C27H26FN3O6. The minimum Gasteiger partial charge on any atom is -0.457 e. The molecule has 3 aromatic rings. The average Bonchev–Trinajstić information content (AvgIpc) is 3.47. The molecule has 2 fully saturated rings. The maximum absolute atomic E-state index is 13.9. The number of carbonyl (C=O) groups excluding carboxylic acids is 2. The summed E-state index contributed by atoms with van der Waals surface area (Å²) in [6.45, 7) is 0.568. The smallest absolute Gasteiger partial charge is 0.310 e. The number of nitrogens with zero attached hydrogens (tertiary/aromatic N) is 1. The van der Waals surface area contributed by atoms with Gasteiger partial charge >= 0.3 is 5.97 Å². The summed E-state index contributed by atoms with van der Waals surface area (Å²) in [6.07, 6.45) is 0.203. The summed E-state index contributed by atoms with van der Waals surface area (Å²) in [5.41, 5.74) is 9.30. The number of nitrogens with one attached hydrogen (secondary N) is 1. The number of esters is 1. The molecule has 0 bridgehead atoms. The van der Waals surface area contributed by atoms with Gasteiger partial charge in [-0.25, -0.2) is 4.39 Å². The van der Waals surface area contributed by atoms with Crippen molar-refractivity contribution < 1.29 is 33.3 Å². The molecule has 0 spiro atoms. The number of pyridine rings is 1. The number of hydrogen-bond acceptors (Lipinski definition) is 8. The van der Waals surface area contributed by atoms with Crippen molar-refractivity contribution in [3.8, 4) is 11.1 Å². The molecule has 4 unspecified atom stereocenters. The van der Waals surface area contributed by atoms with Crippen LogP contribution in [0.1, 0.15) is 21.5 Å². The zero-order valence-electron chi connectivity index (χ0n) is 19.8. The molecule has 4 atom stereocenters. The highest BCUT2D eigenvalue weighted by Gasteiger charge is 2.48. The Hall–Kier alpha value is -3.70. The second-order valence-corrected chi connectivity index (χ2v) is 8.95. The molecule has 2 aliphatic rings. The first-order chi connectivity index (χ1) is 17.9. The number of nitrogens with two attached hydrogens (primary N) is 1. The zero-order chi connectivity index (χ0) is 25.9. The zero-order valence-corrected chi connectivity index (χ0v) is 19.8. The van der Waals surface area contributed by atoms with Crippen molar-refractivity contribution in [1.82, 2.24) is 4.98 Å². The number of ether oxygens (including phenoxy) is 3. The third-order valence-corrected chi connectivity index (χ3v) is 6.46. The third-order valence-electron chi connectivity index (χ3n) is 6.46. The summed E-state index contributed by atoms with van der Waals surface area (Å²) < 4.78 is 30.5. The molecule has 37 heavy (non-hydrogen) atoms. The molecule has 0 radical (unpaired) electrons. The normalized spacial score (nSPS) is 22.5. The van der Waals surface area contributed by atoms with Gasteiger partial charge in [0.1, 0.15) is 18.3 Å². The Morgan fingerprint density at radius 2 is 1.97 bits per heavy atom. The lowest BCUT2D eigenvalue weighted by Gasteiger charge is -2.17. The largest absolute Gasteiger partial charge is 0.457 e. The van der Waals surface area contributed by atoms with Gasteiger partial charge in [-0.3, -0.25) is 14.6 Å². The Balaban J connectivity index is 1.31. The van der Waals surface area contributed by atoms with Crippen molar-refractivity contribution in [3.05, 3.63) is 83.4 Å². The molecule has 1 aromatic heterocycles. The maximum atomic E-state index is 13.9. The van der Waals surface area contributed by atoms with Crippen molar-refractivity contribution in [3.63, 3.8) is 0 Å². The number of anilines is 1. The Labute approximate surface area is 212 Å². The fourth-order valence-electron chi connectivity index (χ4n) is 4.61. The molecule has 4 N–H and O–H groups in total. The Kier molecular flexibility index (Phi) is 7.24. The molecule has 5 rings (SSSR count). The molecule has 2 aliphatic heterocycles. The number of amides is 1. The topological polar surface area (TPSA) is 133 Å². The average molecular weight is 508 g/mol. The molecule has 9 nitrogen and oxygen atoms in total. The van der Waals surface area contributed by atoms with Gasteiger partial charge in [0.15, 0.2) is 11.9 Å². The van der Waals surface area contributed by atoms with Crippen LogP contribution < -0.4 is 11.1 Å². The van der Waals surface area contributed by atoms with Crippen molar-refractivity contribution in [2.24, 2.45) is 5.73 Å². The van der Waals surface area contributed by atoms with E-state index in [1.807, 2.05) is 18.2 Å². The molecule has 1 amide bonds. The van der Waals surface area contributed by atoms with Crippen LogP contribution in [0.4, 0.5) is 10.1 Å². The highest BCUT2D eigenvalue weighted by atomic mass is 19.1. The second-order valence-electron chi connectivity index (χ2n) is 8.95. The fourth-order valence-corrected chi connectivity index (χ4v) is 4.61. The van der Waals surface area contributed by atoms with Crippen molar-refractivity contribution in [2.75, 3.05) is 18.5 Å². The number of benzene rings is 2. The van der Waals surface area contributed by atoms with Crippen molar-refractivity contribution >= 4 is 17.6 Å². The lowest BCUT2D eigenvalue weighted by molar-refractivity contribution is -0.152. The van der Waals surface area contributed by atoms with E-state index in [1.165, 1.54) is 12.3 Å². The van der Waals surface area contributed by atoms with Gasteiger partial charge in [0.2, 0.25) is 0 Å². The number of aromatic nitrogens is 1. The number of rotatable bonds is 7. The standard InChI is InChI=1S/C27H26FN3O6/c28-20-12-30-7-6-21(20)31-27(34)17-4-5-18(11-29)19(10-17)16-3-1-2-15(8-16)9-24(33)37-23-14-36-25-22(32)13-35-26(23)25/h1-8,10,12,22-23,25-26,32H,9,11,13-14,29H2,(H,30,31,34). The van der Waals surface area contributed by atoms with Gasteiger partial charge in [-0.15, -0.1) is 0 Å². The van der Waals surface area contributed by atoms with Gasteiger partial charge in [-0.1, -0.05) is 30.3 Å². The first kappa shape index (κ1) is 25.0. The number of halogens is 1. The van der Waals surface area contributed by atoms with Crippen LogP contribution in [0, 0.1) is 5.82 Å². The molecule has 2 aromatic carbocycles. The van der Waals surface area contributed by atoms with E-state index in [9.17, 15) is 19.1 Å². The summed E-state index contributed by atoms with van der Waals surface area (Å²) in [5.74, 6) is -1.56. The van der Waals surface area contributed by atoms with Crippen LogP contribution in [0.5, 0.6) is 0 Å². The van der Waals surface area contributed by atoms with E-state index < -0.39 is 42.1 Å². The second kappa shape index (κ2) is 10.7. The van der Waals surface area contributed by atoms with Gasteiger partial charge in [-0.05, 0) is 40.5 Å². The number of hydrogen-bond donors (Lipinski definition) is 3. The summed E-state index contributed by atoms with van der Waals surface area (Å²) in [4.78, 5) is 29.1. The van der Waals surface area contributed by atoms with Crippen LogP contribution in [0.25, 0.3) is 11.1 Å². The first-order valence-corrected chi connectivity index (χ1v) is 11.9.